The van der Waals surface area contributed by atoms with Gasteiger partial charge in [-0.25, -0.2) is 4.98 Å². The number of nitrogens with zero attached hydrogens (tertiary/aromatic N) is 5. The Balaban J connectivity index is 2.08. The van der Waals surface area contributed by atoms with Gasteiger partial charge in [-0.05, 0) is 6.92 Å². The molecule has 1 unspecified atom stereocenters. The van der Waals surface area contributed by atoms with Crippen LogP contribution >= 0.6 is 0 Å². The van der Waals surface area contributed by atoms with Crippen LogP contribution in [0.2, 0.25) is 0 Å². The van der Waals surface area contributed by atoms with Gasteiger partial charge in [0.15, 0.2) is 5.82 Å². The zero-order valence-electron chi connectivity index (χ0n) is 8.88. The fourth-order valence-electron chi connectivity index (χ4n) is 1.14. The number of rotatable bonds is 4. The molecule has 1 atom stereocenters. The molecule has 84 valence electrons. The highest BCUT2D eigenvalue weighted by Gasteiger charge is 2.11. The van der Waals surface area contributed by atoms with E-state index in [-0.39, 0.29) is 6.04 Å². The molecule has 0 aliphatic heterocycles. The minimum atomic E-state index is -0.133. The van der Waals surface area contributed by atoms with Gasteiger partial charge in [0, 0.05) is 12.3 Å². The molecule has 0 spiro atoms. The van der Waals surface area contributed by atoms with E-state index in [9.17, 15) is 0 Å². The Kier molecular flexibility index (Phi) is 2.90. The van der Waals surface area contributed by atoms with E-state index in [4.69, 9.17) is 4.74 Å². The molecule has 0 aliphatic carbocycles. The zero-order chi connectivity index (χ0) is 11.4. The van der Waals surface area contributed by atoms with Gasteiger partial charge in [-0.2, -0.15) is 10.2 Å². The number of methoxy groups -OCH3 is 1. The molecule has 16 heavy (non-hydrogen) atoms. The molecule has 2 aromatic rings. The predicted molar refractivity (Wildman–Crippen MR) is 54.8 cm³/mol. The second-order valence-corrected chi connectivity index (χ2v) is 3.06. The van der Waals surface area contributed by atoms with Crippen LogP contribution in [-0.4, -0.2) is 37.7 Å². The van der Waals surface area contributed by atoms with Crippen molar-refractivity contribution in [3.63, 3.8) is 0 Å². The van der Waals surface area contributed by atoms with Gasteiger partial charge in [0.2, 0.25) is 11.8 Å². The third-order valence-electron chi connectivity index (χ3n) is 1.93. The number of aromatic nitrogens is 6. The number of aromatic amines is 1. The molecule has 8 heteroatoms. The average molecular weight is 221 g/mol. The van der Waals surface area contributed by atoms with Crippen LogP contribution in [0.5, 0.6) is 5.88 Å². The van der Waals surface area contributed by atoms with Crippen molar-refractivity contribution < 1.29 is 4.74 Å². The van der Waals surface area contributed by atoms with Gasteiger partial charge in [-0.3, -0.25) is 0 Å². The largest absolute Gasteiger partial charge is 0.481 e. The van der Waals surface area contributed by atoms with Crippen LogP contribution in [0.4, 0.5) is 5.95 Å². The Morgan fingerprint density at radius 2 is 2.38 bits per heavy atom. The molecule has 0 radical (unpaired) electrons. The first-order valence-corrected chi connectivity index (χ1v) is 4.66. The molecule has 2 rings (SSSR count). The van der Waals surface area contributed by atoms with Gasteiger partial charge >= 0.3 is 0 Å². The van der Waals surface area contributed by atoms with Crippen molar-refractivity contribution in [3.8, 4) is 5.88 Å². The molecule has 8 nitrogen and oxygen atoms in total. The maximum absolute atomic E-state index is 4.99. The fourth-order valence-corrected chi connectivity index (χ4v) is 1.14. The van der Waals surface area contributed by atoms with Crippen molar-refractivity contribution in [2.24, 2.45) is 0 Å². The number of anilines is 1. The molecule has 0 saturated heterocycles. The summed E-state index contributed by atoms with van der Waals surface area (Å²) in [5, 5.41) is 16.6. The summed E-state index contributed by atoms with van der Waals surface area (Å²) in [7, 11) is 1.55. The van der Waals surface area contributed by atoms with E-state index in [1.165, 1.54) is 0 Å². The lowest BCUT2D eigenvalue weighted by Crippen LogP contribution is -2.11. The van der Waals surface area contributed by atoms with Crippen molar-refractivity contribution in [1.82, 2.24) is 30.6 Å². The summed E-state index contributed by atoms with van der Waals surface area (Å²) in [6.45, 7) is 1.88. The summed E-state index contributed by atoms with van der Waals surface area (Å²) in [5.74, 6) is 1.50. The van der Waals surface area contributed by atoms with E-state index in [0.717, 1.165) is 0 Å². The third-order valence-corrected chi connectivity index (χ3v) is 1.93. The lowest BCUT2D eigenvalue weighted by Gasteiger charge is -2.09. The van der Waals surface area contributed by atoms with E-state index in [2.05, 4.69) is 35.9 Å². The van der Waals surface area contributed by atoms with E-state index in [1.54, 1.807) is 19.4 Å². The molecule has 0 aromatic carbocycles. The van der Waals surface area contributed by atoms with E-state index in [1.807, 2.05) is 6.92 Å². The second-order valence-electron chi connectivity index (χ2n) is 3.06. The number of tetrazole rings is 1. The number of H-pyrrole nitrogens is 1. The Bertz CT molecular complexity index is 443. The molecule has 2 N–H and O–H groups in total. The summed E-state index contributed by atoms with van der Waals surface area (Å²) in [6, 6.07) is 1.54. The van der Waals surface area contributed by atoms with Gasteiger partial charge in [-0.1, -0.05) is 5.21 Å². The molecule has 2 aromatic heterocycles. The first-order chi connectivity index (χ1) is 7.79. The highest BCUT2D eigenvalue weighted by Crippen LogP contribution is 2.13. The maximum Gasteiger partial charge on any atom is 0.226 e. The molecular formula is C8H11N7O. The Labute approximate surface area is 91.5 Å². The summed E-state index contributed by atoms with van der Waals surface area (Å²) in [6.07, 6.45) is 1.61. The van der Waals surface area contributed by atoms with Crippen LogP contribution < -0.4 is 10.1 Å². The highest BCUT2D eigenvalue weighted by molar-refractivity contribution is 5.29. The maximum atomic E-state index is 4.99. The van der Waals surface area contributed by atoms with Crippen molar-refractivity contribution in [2.45, 2.75) is 13.0 Å². The number of ether oxygens (including phenoxy) is 1. The lowest BCUT2D eigenvalue weighted by atomic mass is 10.3. The number of nitrogens with one attached hydrogen (secondary N) is 2. The Morgan fingerprint density at radius 1 is 1.50 bits per heavy atom. The minimum absolute atomic E-state index is 0.133. The highest BCUT2D eigenvalue weighted by atomic mass is 16.5. The first kappa shape index (κ1) is 10.3. The van der Waals surface area contributed by atoms with E-state index in [0.29, 0.717) is 17.7 Å². The monoisotopic (exact) mass is 221 g/mol. The fraction of sp³-hybridized carbons (Fsp3) is 0.375. The zero-order valence-corrected chi connectivity index (χ0v) is 8.88. The van der Waals surface area contributed by atoms with Crippen LogP contribution in [-0.2, 0) is 0 Å². The molecule has 0 aliphatic rings. The summed E-state index contributed by atoms with van der Waals surface area (Å²) in [5.41, 5.74) is 0. The molecule has 2 heterocycles. The van der Waals surface area contributed by atoms with Crippen LogP contribution in [0, 0.1) is 0 Å². The van der Waals surface area contributed by atoms with E-state index < -0.39 is 0 Å². The van der Waals surface area contributed by atoms with Gasteiger partial charge < -0.3 is 10.1 Å². The minimum Gasteiger partial charge on any atom is -0.481 e. The lowest BCUT2D eigenvalue weighted by molar-refractivity contribution is 0.397. The Morgan fingerprint density at radius 3 is 3.06 bits per heavy atom. The average Bonchev–Trinajstić information content (AvgIpc) is 2.83. The van der Waals surface area contributed by atoms with Gasteiger partial charge in [0.1, 0.15) is 0 Å². The second kappa shape index (κ2) is 4.51. The first-order valence-electron chi connectivity index (χ1n) is 4.66. The third kappa shape index (κ3) is 2.22. The predicted octanol–water partition coefficient (Wildman–Crippen LogP) is 0.171. The summed E-state index contributed by atoms with van der Waals surface area (Å²) >= 11 is 0. The molecule has 0 amide bonds. The quantitative estimate of drug-likeness (QED) is 0.758. The van der Waals surface area contributed by atoms with Crippen LogP contribution in [0.3, 0.4) is 0 Å². The SMILES string of the molecule is COc1ccnc(NC(C)c2nn[nH]n2)n1. The molecule has 0 saturated carbocycles. The molecule has 0 bridgehead atoms. The van der Waals surface area contributed by atoms with Crippen molar-refractivity contribution >= 4 is 5.95 Å². The van der Waals surface area contributed by atoms with Crippen LogP contribution in [0.15, 0.2) is 12.3 Å². The van der Waals surface area contributed by atoms with Crippen molar-refractivity contribution in [1.29, 1.82) is 0 Å². The van der Waals surface area contributed by atoms with Crippen molar-refractivity contribution in [2.75, 3.05) is 12.4 Å². The van der Waals surface area contributed by atoms with Gasteiger partial charge in [0.05, 0.1) is 13.2 Å². The Hall–Kier alpha value is -2.25. The van der Waals surface area contributed by atoms with Gasteiger partial charge in [0.25, 0.3) is 0 Å². The normalized spacial score (nSPS) is 12.1. The molecular weight excluding hydrogens is 210 g/mol. The van der Waals surface area contributed by atoms with Crippen LogP contribution in [0.25, 0.3) is 0 Å². The smallest absolute Gasteiger partial charge is 0.226 e. The summed E-state index contributed by atoms with van der Waals surface area (Å²) < 4.78 is 4.99. The van der Waals surface area contributed by atoms with Crippen molar-refractivity contribution in [3.05, 3.63) is 18.1 Å². The number of hydrogen-bond donors (Lipinski definition) is 2. The topological polar surface area (TPSA) is 102 Å². The standard InChI is InChI=1S/C8H11N7O/c1-5(7-12-14-15-13-7)10-8-9-4-3-6(11-8)16-2/h3-5H,1-2H3,(H,9,10,11)(H,12,13,14,15). The van der Waals surface area contributed by atoms with E-state index >= 15 is 0 Å². The van der Waals surface area contributed by atoms with Gasteiger partial charge in [-0.15, -0.1) is 10.2 Å². The number of hydrogen-bond acceptors (Lipinski definition) is 7. The molecule has 0 fully saturated rings. The van der Waals surface area contributed by atoms with Crippen LogP contribution in [0.1, 0.15) is 18.8 Å². The summed E-state index contributed by atoms with van der Waals surface area (Å²) in [4.78, 5) is 8.16.